The predicted molar refractivity (Wildman–Crippen MR) is 269 cm³/mol. The lowest BCUT2D eigenvalue weighted by Gasteiger charge is -2.34. The van der Waals surface area contributed by atoms with Crippen LogP contribution < -0.4 is 32.3 Å². The van der Waals surface area contributed by atoms with E-state index in [4.69, 9.17) is 5.73 Å². The molecule has 418 valence electrons. The third-order valence-electron chi connectivity index (χ3n) is 14.6. The van der Waals surface area contributed by atoms with Gasteiger partial charge in [0, 0.05) is 32.4 Å². The zero-order valence-electron chi connectivity index (χ0n) is 43.5. The first-order valence-corrected chi connectivity index (χ1v) is 26.4. The second kappa shape index (κ2) is 29.3. The van der Waals surface area contributed by atoms with Crippen LogP contribution in [0.2, 0.25) is 0 Å². The summed E-state index contributed by atoms with van der Waals surface area (Å²) in [6, 6.07) is -7.36. The molecule has 0 aliphatic carbocycles. The molecule has 23 heteroatoms. The fourth-order valence-corrected chi connectivity index (χ4v) is 9.96. The number of aromatic hydroxyl groups is 1. The molecule has 3 aliphatic heterocycles. The van der Waals surface area contributed by atoms with Crippen LogP contribution in [0.25, 0.3) is 0 Å². The highest BCUT2D eigenvalue weighted by molar-refractivity contribution is 5.98. The standard InChI is InChI=1S/C51H84N8O15/c1-6-27(2)23-28(3)13-11-9-7-8-10-12-14-39(66)54-34-25-38(65)29(4)53-49(72)43-37(64)20-22-58(43)51(74)41(36(63)19-21-52)56-48(71)42(45(68)44(67)31-15-17-32(61)18-16-31)57-47(70)35-24-33(62)26-59(35)50(73)40(30(5)60)55-46(34)69/h15-18,27-30,33-38,40-45,60-65,67-68H,6-14,19-26,52H2,1-5H3,(H,53,72)(H,54,66)(H,55,69)(H,56,71)(H,57,70)/t27?,28?,29-,30-,33-,34+,35+,36-,37+,38-,40+,41+,42+,43+,44+,45+/m1/s1. The number of aliphatic hydroxyl groups is 7. The number of unbranched alkanes of at least 4 members (excludes halogenated alkanes) is 5. The highest BCUT2D eigenvalue weighted by Crippen LogP contribution is 2.27. The van der Waals surface area contributed by atoms with Crippen molar-refractivity contribution in [1.29, 1.82) is 0 Å². The Bertz CT molecular complexity index is 2020. The average molecular weight is 1050 g/mol. The molecular formula is C51H84N8O15. The number of aliphatic hydroxyl groups excluding tert-OH is 7. The number of nitrogens with one attached hydrogen (secondary N) is 5. The fraction of sp³-hybridized carbons (Fsp3) is 0.745. The molecule has 2 unspecified atom stereocenters. The molecule has 3 fully saturated rings. The first kappa shape index (κ1) is 61.5. The van der Waals surface area contributed by atoms with Gasteiger partial charge in [0.1, 0.15) is 54.2 Å². The lowest BCUT2D eigenvalue weighted by atomic mass is 9.91. The number of rotatable bonds is 20. The molecule has 74 heavy (non-hydrogen) atoms. The Hall–Kier alpha value is -5.01. The van der Waals surface area contributed by atoms with E-state index in [0.29, 0.717) is 18.3 Å². The Kier molecular flexibility index (Phi) is 24.4. The lowest BCUT2D eigenvalue weighted by molar-refractivity contribution is -0.148. The largest absolute Gasteiger partial charge is 0.508 e. The molecule has 23 nitrogen and oxygen atoms in total. The van der Waals surface area contributed by atoms with Crippen LogP contribution in [0.3, 0.4) is 0 Å². The summed E-state index contributed by atoms with van der Waals surface area (Å²) in [5.74, 6) is -6.20. The number of benzene rings is 1. The van der Waals surface area contributed by atoms with Gasteiger partial charge in [-0.3, -0.25) is 33.6 Å². The van der Waals surface area contributed by atoms with Gasteiger partial charge in [0.15, 0.2) is 0 Å². The van der Waals surface area contributed by atoms with E-state index in [-0.39, 0.29) is 43.7 Å². The molecule has 1 aromatic rings. The molecule has 3 saturated heterocycles. The third-order valence-corrected chi connectivity index (χ3v) is 14.6. The highest BCUT2D eigenvalue weighted by Gasteiger charge is 2.48. The summed E-state index contributed by atoms with van der Waals surface area (Å²) in [6.07, 6.45) is -4.85. The maximum absolute atomic E-state index is 14.4. The van der Waals surface area contributed by atoms with Gasteiger partial charge in [0.05, 0.1) is 36.6 Å². The first-order valence-electron chi connectivity index (χ1n) is 26.4. The number of hydrogen-bond donors (Lipinski definition) is 14. The summed E-state index contributed by atoms with van der Waals surface area (Å²) in [4.78, 5) is 101. The van der Waals surface area contributed by atoms with E-state index in [1.165, 1.54) is 44.5 Å². The van der Waals surface area contributed by atoms with E-state index in [2.05, 4.69) is 47.4 Å². The monoisotopic (exact) mass is 1050 g/mol. The van der Waals surface area contributed by atoms with Crippen LogP contribution in [-0.4, -0.2) is 191 Å². The SMILES string of the molecule is CCC(C)CC(C)CCCCCCCCC(=O)N[C@H]1C[C@@H](O)[C@@H](C)NC(=O)[C@@H]2[C@@H](O)CCN2C(=O)[C@H]([C@H](O)CCN)NC(=O)[C@H]([C@H](O)[C@@H](O)c2ccc(O)cc2)NC(=O)[C@@H]2C[C@@H](O)CN2C(=O)[C@H]([C@@H](C)O)NC1=O. The first-order chi connectivity index (χ1) is 35.0. The van der Waals surface area contributed by atoms with Crippen LogP contribution in [0.5, 0.6) is 5.75 Å². The predicted octanol–water partition coefficient (Wildman–Crippen LogP) is -1.80. The maximum Gasteiger partial charge on any atom is 0.248 e. The Labute approximate surface area is 433 Å². The molecule has 1 aromatic carbocycles. The van der Waals surface area contributed by atoms with Crippen LogP contribution in [0, 0.1) is 11.8 Å². The Morgan fingerprint density at radius 3 is 1.97 bits per heavy atom. The molecule has 4 rings (SSSR count). The topological polar surface area (TPSA) is 374 Å². The summed E-state index contributed by atoms with van der Waals surface area (Å²) in [7, 11) is 0. The molecule has 0 bridgehead atoms. The van der Waals surface area contributed by atoms with Gasteiger partial charge in [0.25, 0.3) is 0 Å². The van der Waals surface area contributed by atoms with Gasteiger partial charge in [-0.1, -0.05) is 77.8 Å². The summed E-state index contributed by atoms with van der Waals surface area (Å²) >= 11 is 0. The summed E-state index contributed by atoms with van der Waals surface area (Å²) in [5, 5.41) is 101. The van der Waals surface area contributed by atoms with Gasteiger partial charge in [-0.05, 0) is 75.6 Å². The number of nitrogens with zero attached hydrogens (tertiary/aromatic N) is 2. The zero-order chi connectivity index (χ0) is 55.0. The molecule has 0 radical (unpaired) electrons. The Balaban J connectivity index is 1.68. The number of carbonyl (C=O) groups excluding carboxylic acids is 7. The molecule has 0 saturated carbocycles. The van der Waals surface area contributed by atoms with Gasteiger partial charge in [-0.15, -0.1) is 0 Å². The average Bonchev–Trinajstić information content (AvgIpc) is 3.95. The van der Waals surface area contributed by atoms with E-state index >= 15 is 0 Å². The maximum atomic E-state index is 14.4. The van der Waals surface area contributed by atoms with E-state index in [0.717, 1.165) is 54.7 Å². The number of nitrogens with two attached hydrogens (primary N) is 1. The molecular weight excluding hydrogens is 965 g/mol. The van der Waals surface area contributed by atoms with Crippen LogP contribution in [-0.2, 0) is 33.6 Å². The summed E-state index contributed by atoms with van der Waals surface area (Å²) < 4.78 is 0. The van der Waals surface area contributed by atoms with Crippen molar-refractivity contribution in [3.63, 3.8) is 0 Å². The Morgan fingerprint density at radius 1 is 0.730 bits per heavy atom. The van der Waals surface area contributed by atoms with Gasteiger partial charge in [0.2, 0.25) is 41.4 Å². The van der Waals surface area contributed by atoms with E-state index in [1.807, 2.05) is 0 Å². The second-order valence-corrected chi connectivity index (χ2v) is 20.8. The molecule has 3 aliphatic rings. The quantitative estimate of drug-likeness (QED) is 0.0641. The minimum absolute atomic E-state index is 0.00272. The number of phenolic OH excluding ortho intramolecular Hbond substituents is 1. The van der Waals surface area contributed by atoms with Gasteiger partial charge < -0.3 is 83.0 Å². The van der Waals surface area contributed by atoms with Crippen LogP contribution in [0.4, 0.5) is 0 Å². The highest BCUT2D eigenvalue weighted by atomic mass is 16.3. The van der Waals surface area contributed by atoms with Gasteiger partial charge >= 0.3 is 0 Å². The number of phenols is 1. The minimum atomic E-state index is -2.26. The number of hydrogen-bond acceptors (Lipinski definition) is 16. The molecule has 16 atom stereocenters. The molecule has 0 aromatic heterocycles. The molecule has 0 spiro atoms. The smallest absolute Gasteiger partial charge is 0.248 e. The third kappa shape index (κ3) is 17.3. The van der Waals surface area contributed by atoms with Crippen molar-refractivity contribution < 1.29 is 74.4 Å². The van der Waals surface area contributed by atoms with Crippen molar-refractivity contribution in [3.05, 3.63) is 29.8 Å². The number of amides is 7. The van der Waals surface area contributed by atoms with E-state index in [9.17, 15) is 74.4 Å². The van der Waals surface area contributed by atoms with Crippen molar-refractivity contribution in [3.8, 4) is 5.75 Å². The Morgan fingerprint density at radius 2 is 1.34 bits per heavy atom. The van der Waals surface area contributed by atoms with Crippen LogP contribution >= 0.6 is 0 Å². The van der Waals surface area contributed by atoms with Crippen molar-refractivity contribution in [2.45, 2.75) is 210 Å². The van der Waals surface area contributed by atoms with Crippen molar-refractivity contribution >= 4 is 41.4 Å². The minimum Gasteiger partial charge on any atom is -0.508 e. The van der Waals surface area contributed by atoms with E-state index in [1.54, 1.807) is 0 Å². The van der Waals surface area contributed by atoms with E-state index < -0.39 is 146 Å². The second-order valence-electron chi connectivity index (χ2n) is 20.8. The van der Waals surface area contributed by atoms with Crippen molar-refractivity contribution in [2.75, 3.05) is 19.6 Å². The number of carbonyl (C=O) groups is 7. The molecule has 3 heterocycles. The van der Waals surface area contributed by atoms with Crippen molar-refractivity contribution in [2.24, 2.45) is 17.6 Å². The molecule has 15 N–H and O–H groups in total. The van der Waals surface area contributed by atoms with Gasteiger partial charge in [-0.2, -0.15) is 0 Å². The van der Waals surface area contributed by atoms with Gasteiger partial charge in [-0.25, -0.2) is 0 Å². The normalized spacial score (nSPS) is 29.3. The van der Waals surface area contributed by atoms with Crippen molar-refractivity contribution in [1.82, 2.24) is 36.4 Å². The van der Waals surface area contributed by atoms with Crippen LogP contribution in [0.1, 0.15) is 136 Å². The zero-order valence-corrected chi connectivity index (χ0v) is 43.5. The number of fused-ring (bicyclic) bond motifs is 2. The molecule has 7 amide bonds. The lowest BCUT2D eigenvalue weighted by Crippen LogP contribution is -2.64. The summed E-state index contributed by atoms with van der Waals surface area (Å²) in [5.41, 5.74) is 5.68. The van der Waals surface area contributed by atoms with Crippen LogP contribution in [0.15, 0.2) is 24.3 Å². The summed E-state index contributed by atoms with van der Waals surface area (Å²) in [6.45, 7) is 8.26. The fourth-order valence-electron chi connectivity index (χ4n) is 9.96.